The fraction of sp³-hybridized carbons (Fsp3) is 0. The Balaban J connectivity index is 1.25. The molecule has 6 aromatic carbocycles. The molecule has 4 heteroatoms. The Labute approximate surface area is 263 Å². The molecular weight excluding hydrogens is 562 g/mol. The number of para-hydroxylation sites is 3. The van der Waals surface area contributed by atoms with Gasteiger partial charge in [0.15, 0.2) is 0 Å². The maximum atomic E-state index is 6.51. The van der Waals surface area contributed by atoms with Crippen LogP contribution in [0, 0.1) is 0 Å². The monoisotopic (exact) mass is 587 g/mol. The van der Waals surface area contributed by atoms with E-state index in [-0.39, 0.29) is 0 Å². The highest BCUT2D eigenvalue weighted by Crippen LogP contribution is 2.42. The molecule has 0 N–H and O–H groups in total. The summed E-state index contributed by atoms with van der Waals surface area (Å²) in [6, 6.07) is 51.3. The van der Waals surface area contributed by atoms with Crippen molar-refractivity contribution in [3.05, 3.63) is 152 Å². The van der Waals surface area contributed by atoms with Crippen molar-refractivity contribution in [2.45, 2.75) is 0 Å². The first kappa shape index (κ1) is 25.1. The van der Waals surface area contributed by atoms with Crippen molar-refractivity contribution < 1.29 is 4.42 Å². The van der Waals surface area contributed by atoms with Gasteiger partial charge in [-0.2, -0.15) is 0 Å². The van der Waals surface area contributed by atoms with Crippen molar-refractivity contribution in [2.24, 2.45) is 0 Å². The summed E-state index contributed by atoms with van der Waals surface area (Å²) >= 11 is 0. The first-order chi connectivity index (χ1) is 22.8. The lowest BCUT2D eigenvalue weighted by atomic mass is 9.94. The van der Waals surface area contributed by atoms with E-state index in [1.807, 2.05) is 24.4 Å². The van der Waals surface area contributed by atoms with E-state index in [4.69, 9.17) is 9.40 Å². The van der Waals surface area contributed by atoms with E-state index in [2.05, 4.69) is 137 Å². The number of hydrogen-bond acceptors (Lipinski definition) is 3. The van der Waals surface area contributed by atoms with Crippen LogP contribution in [0.25, 0.3) is 93.6 Å². The number of furan rings is 1. The second-order valence-electron chi connectivity index (χ2n) is 11.8. The van der Waals surface area contributed by atoms with Gasteiger partial charge in [-0.3, -0.25) is 4.98 Å². The molecule has 4 nitrogen and oxygen atoms in total. The number of hydrogen-bond donors (Lipinski definition) is 0. The van der Waals surface area contributed by atoms with Crippen LogP contribution in [0.15, 0.2) is 156 Å². The molecule has 4 aromatic heterocycles. The number of fused-ring (bicyclic) bond motifs is 9. The van der Waals surface area contributed by atoms with E-state index in [9.17, 15) is 0 Å². The van der Waals surface area contributed by atoms with Gasteiger partial charge >= 0.3 is 0 Å². The van der Waals surface area contributed by atoms with Crippen molar-refractivity contribution >= 4 is 65.6 Å². The third-order valence-electron chi connectivity index (χ3n) is 9.20. The molecule has 0 atom stereocenters. The Morgan fingerprint density at radius 3 is 2.17 bits per heavy atom. The van der Waals surface area contributed by atoms with E-state index >= 15 is 0 Å². The smallest absolute Gasteiger partial charge is 0.136 e. The zero-order chi connectivity index (χ0) is 30.2. The summed E-state index contributed by atoms with van der Waals surface area (Å²) in [6.45, 7) is 0. The highest BCUT2D eigenvalue weighted by Gasteiger charge is 2.18. The van der Waals surface area contributed by atoms with Crippen molar-refractivity contribution in [1.82, 2.24) is 14.5 Å². The predicted octanol–water partition coefficient (Wildman–Crippen LogP) is 11.1. The van der Waals surface area contributed by atoms with Gasteiger partial charge in [0.05, 0.1) is 27.8 Å². The van der Waals surface area contributed by atoms with Crippen LogP contribution in [0.1, 0.15) is 0 Å². The molecule has 0 aliphatic heterocycles. The van der Waals surface area contributed by atoms with E-state index in [1.165, 1.54) is 21.8 Å². The fourth-order valence-corrected chi connectivity index (χ4v) is 7.11. The standard InChI is InChI=1S/C42H25N3O/c1-2-10-30(11-3-1)45-36-14-6-4-12-31(36)34-23-28(19-21-37(34)45)33-24-29(25-39-40(33)32-13-5-7-15-38(32)46-39)35-20-18-27-17-16-26-9-8-22-43-41(26)42(27)44-35/h1-25H. The average molecular weight is 588 g/mol. The lowest BCUT2D eigenvalue weighted by Gasteiger charge is -2.11. The van der Waals surface area contributed by atoms with Crippen LogP contribution in [-0.4, -0.2) is 14.5 Å². The summed E-state index contributed by atoms with van der Waals surface area (Å²) in [7, 11) is 0. The summed E-state index contributed by atoms with van der Waals surface area (Å²) < 4.78 is 8.86. The molecule has 10 rings (SSSR count). The molecule has 0 bridgehead atoms. The topological polar surface area (TPSA) is 43.9 Å². The lowest BCUT2D eigenvalue weighted by molar-refractivity contribution is 0.669. The number of aromatic nitrogens is 3. The van der Waals surface area contributed by atoms with E-state index in [0.717, 1.165) is 71.8 Å². The SMILES string of the molecule is c1ccc(-n2c3ccccc3c3cc(-c4cc(-c5ccc6ccc7cccnc7c6n5)cc5oc6ccccc6c45)ccc32)cc1. The van der Waals surface area contributed by atoms with Crippen LogP contribution in [0.4, 0.5) is 0 Å². The van der Waals surface area contributed by atoms with Gasteiger partial charge in [0, 0.05) is 49.8 Å². The summed E-state index contributed by atoms with van der Waals surface area (Å²) in [4.78, 5) is 9.87. The fourth-order valence-electron chi connectivity index (χ4n) is 7.11. The van der Waals surface area contributed by atoms with Gasteiger partial charge in [-0.05, 0) is 71.8 Å². The van der Waals surface area contributed by atoms with Gasteiger partial charge < -0.3 is 8.98 Å². The first-order valence-electron chi connectivity index (χ1n) is 15.5. The predicted molar refractivity (Wildman–Crippen MR) is 190 cm³/mol. The summed E-state index contributed by atoms with van der Waals surface area (Å²) in [6.07, 6.45) is 1.83. The van der Waals surface area contributed by atoms with Gasteiger partial charge in [-0.15, -0.1) is 0 Å². The molecule has 10 aromatic rings. The normalized spacial score (nSPS) is 11.9. The second kappa shape index (κ2) is 9.62. The van der Waals surface area contributed by atoms with Gasteiger partial charge in [0.25, 0.3) is 0 Å². The quantitative estimate of drug-likeness (QED) is 0.193. The van der Waals surface area contributed by atoms with Crippen LogP contribution in [0.5, 0.6) is 0 Å². The Kier molecular flexibility index (Phi) is 5.25. The van der Waals surface area contributed by atoms with E-state index in [1.54, 1.807) is 0 Å². The molecule has 0 radical (unpaired) electrons. The number of pyridine rings is 2. The molecule has 0 unspecified atom stereocenters. The molecule has 0 spiro atoms. The van der Waals surface area contributed by atoms with Crippen molar-refractivity contribution in [3.8, 4) is 28.1 Å². The number of rotatable bonds is 3. The minimum Gasteiger partial charge on any atom is -0.456 e. The molecule has 0 amide bonds. The van der Waals surface area contributed by atoms with Crippen LogP contribution in [0.3, 0.4) is 0 Å². The largest absolute Gasteiger partial charge is 0.456 e. The molecule has 4 heterocycles. The highest BCUT2D eigenvalue weighted by atomic mass is 16.3. The molecule has 0 saturated heterocycles. The van der Waals surface area contributed by atoms with Crippen molar-refractivity contribution in [3.63, 3.8) is 0 Å². The van der Waals surface area contributed by atoms with Gasteiger partial charge in [-0.1, -0.05) is 84.9 Å². The van der Waals surface area contributed by atoms with Gasteiger partial charge in [0.1, 0.15) is 11.2 Å². The Morgan fingerprint density at radius 1 is 0.500 bits per heavy atom. The Hall–Kier alpha value is -6.26. The van der Waals surface area contributed by atoms with E-state index < -0.39 is 0 Å². The van der Waals surface area contributed by atoms with E-state index in [0.29, 0.717) is 0 Å². The molecule has 0 aliphatic carbocycles. The van der Waals surface area contributed by atoms with Crippen LogP contribution in [-0.2, 0) is 0 Å². The zero-order valence-corrected chi connectivity index (χ0v) is 24.7. The van der Waals surface area contributed by atoms with Crippen LogP contribution >= 0.6 is 0 Å². The molecule has 0 aliphatic rings. The minimum absolute atomic E-state index is 0.846. The summed E-state index contributed by atoms with van der Waals surface area (Å²) in [5, 5.41) is 6.80. The molecule has 214 valence electrons. The van der Waals surface area contributed by atoms with Crippen molar-refractivity contribution in [2.75, 3.05) is 0 Å². The number of nitrogens with zero attached hydrogens (tertiary/aromatic N) is 3. The lowest BCUT2D eigenvalue weighted by Crippen LogP contribution is -1.93. The molecular formula is C42H25N3O. The van der Waals surface area contributed by atoms with Crippen LogP contribution in [0.2, 0.25) is 0 Å². The minimum atomic E-state index is 0.846. The average Bonchev–Trinajstić information content (AvgIpc) is 3.67. The van der Waals surface area contributed by atoms with Crippen LogP contribution < -0.4 is 0 Å². The summed E-state index contributed by atoms with van der Waals surface area (Å²) in [5.41, 5.74) is 11.2. The third-order valence-corrected chi connectivity index (χ3v) is 9.20. The second-order valence-corrected chi connectivity index (χ2v) is 11.8. The van der Waals surface area contributed by atoms with Crippen molar-refractivity contribution in [1.29, 1.82) is 0 Å². The summed E-state index contributed by atoms with van der Waals surface area (Å²) in [5.74, 6) is 0. The Morgan fingerprint density at radius 2 is 1.26 bits per heavy atom. The first-order valence-corrected chi connectivity index (χ1v) is 15.5. The third kappa shape index (κ3) is 3.67. The number of benzene rings is 6. The molecule has 0 saturated carbocycles. The Bertz CT molecular complexity index is 2810. The molecule has 0 fully saturated rings. The maximum absolute atomic E-state index is 6.51. The van der Waals surface area contributed by atoms with Gasteiger partial charge in [-0.25, -0.2) is 4.98 Å². The van der Waals surface area contributed by atoms with Gasteiger partial charge in [0.2, 0.25) is 0 Å². The maximum Gasteiger partial charge on any atom is 0.136 e. The highest BCUT2D eigenvalue weighted by molar-refractivity contribution is 6.16. The molecule has 46 heavy (non-hydrogen) atoms. The zero-order valence-electron chi connectivity index (χ0n) is 24.7.